The molecule has 0 fully saturated rings. The largest absolute Gasteiger partial charge is 0.481 e. The molecule has 0 aliphatic carbocycles. The van der Waals surface area contributed by atoms with Gasteiger partial charge in [0, 0.05) is 6.42 Å². The molecule has 13 heavy (non-hydrogen) atoms. The third-order valence-corrected chi connectivity index (χ3v) is 1.32. The summed E-state index contributed by atoms with van der Waals surface area (Å²) < 4.78 is 0. The maximum Gasteiger partial charge on any atom is 0.303 e. The molecule has 0 spiro atoms. The molecule has 0 aromatic carbocycles. The van der Waals surface area contributed by atoms with Gasteiger partial charge in [-0.2, -0.15) is 0 Å². The quantitative estimate of drug-likeness (QED) is 0.525. The average Bonchev–Trinajstić information content (AvgIpc) is 2.14. The lowest BCUT2D eigenvalue weighted by Gasteiger charge is -1.85. The first-order chi connectivity index (χ1) is 6.18. The van der Waals surface area contributed by atoms with Gasteiger partial charge in [-0.1, -0.05) is 25.2 Å². The standard InChI is InChI=1S/C8H14.C3H6O2/c1-3-5-7-8-6-4-2;1-2-3(4)5/h3-4,6H,1,5,7-8H2,2H3;2H2,1H3,(H,4,5). The molecule has 0 atom stereocenters. The van der Waals surface area contributed by atoms with Crippen LogP contribution in [0.2, 0.25) is 0 Å². The topological polar surface area (TPSA) is 37.3 Å². The Morgan fingerprint density at radius 2 is 2.00 bits per heavy atom. The second-order valence-electron chi connectivity index (χ2n) is 2.54. The van der Waals surface area contributed by atoms with Crippen molar-refractivity contribution >= 4 is 5.97 Å². The summed E-state index contributed by atoms with van der Waals surface area (Å²) in [6.07, 6.45) is 10.0. The van der Waals surface area contributed by atoms with Crippen LogP contribution in [0.15, 0.2) is 24.8 Å². The number of carboxylic acid groups (broad SMARTS) is 1. The zero-order chi connectivity index (χ0) is 10.5. The lowest BCUT2D eigenvalue weighted by atomic mass is 10.2. The van der Waals surface area contributed by atoms with E-state index in [4.69, 9.17) is 5.11 Å². The molecule has 0 saturated carbocycles. The molecule has 0 heterocycles. The summed E-state index contributed by atoms with van der Waals surface area (Å²) in [5.41, 5.74) is 0. The van der Waals surface area contributed by atoms with Crippen LogP contribution in [-0.2, 0) is 4.79 Å². The third kappa shape index (κ3) is 24.8. The van der Waals surface area contributed by atoms with Crippen molar-refractivity contribution < 1.29 is 9.90 Å². The van der Waals surface area contributed by atoms with Crippen molar-refractivity contribution in [1.29, 1.82) is 0 Å². The van der Waals surface area contributed by atoms with Gasteiger partial charge >= 0.3 is 5.97 Å². The van der Waals surface area contributed by atoms with Gasteiger partial charge in [0.15, 0.2) is 0 Å². The highest BCUT2D eigenvalue weighted by molar-refractivity contribution is 5.66. The number of aliphatic carboxylic acids is 1. The van der Waals surface area contributed by atoms with Crippen LogP contribution in [0.25, 0.3) is 0 Å². The molecule has 0 aromatic heterocycles. The Labute approximate surface area is 81.0 Å². The van der Waals surface area contributed by atoms with Crippen molar-refractivity contribution in [2.45, 2.75) is 39.5 Å². The van der Waals surface area contributed by atoms with Gasteiger partial charge in [-0.3, -0.25) is 4.79 Å². The maximum absolute atomic E-state index is 9.37. The fourth-order valence-corrected chi connectivity index (χ4v) is 0.547. The molecule has 0 aliphatic heterocycles. The van der Waals surface area contributed by atoms with Crippen LogP contribution < -0.4 is 0 Å². The molecule has 76 valence electrons. The SMILES string of the molecule is C=CCCCC=CC.CCC(=O)O. The Balaban J connectivity index is 0. The van der Waals surface area contributed by atoms with Gasteiger partial charge in [0.1, 0.15) is 0 Å². The first-order valence-corrected chi connectivity index (χ1v) is 4.62. The van der Waals surface area contributed by atoms with Crippen LogP contribution in [0.4, 0.5) is 0 Å². The van der Waals surface area contributed by atoms with Crippen molar-refractivity contribution in [1.82, 2.24) is 0 Å². The summed E-state index contributed by atoms with van der Waals surface area (Å²) in [5.74, 6) is -0.745. The van der Waals surface area contributed by atoms with Crippen molar-refractivity contribution in [3.05, 3.63) is 24.8 Å². The molecule has 0 aromatic rings. The van der Waals surface area contributed by atoms with Gasteiger partial charge < -0.3 is 5.11 Å². The summed E-state index contributed by atoms with van der Waals surface area (Å²) in [5, 5.41) is 7.72. The number of carboxylic acids is 1. The van der Waals surface area contributed by atoms with E-state index >= 15 is 0 Å². The maximum atomic E-state index is 9.37. The van der Waals surface area contributed by atoms with Crippen molar-refractivity contribution in [2.24, 2.45) is 0 Å². The lowest BCUT2D eigenvalue weighted by molar-refractivity contribution is -0.136. The monoisotopic (exact) mass is 184 g/mol. The molecule has 2 heteroatoms. The summed E-state index contributed by atoms with van der Waals surface area (Å²) in [6, 6.07) is 0. The number of hydrogen-bond donors (Lipinski definition) is 1. The van der Waals surface area contributed by atoms with Gasteiger partial charge in [-0.15, -0.1) is 6.58 Å². The molecular weight excluding hydrogens is 164 g/mol. The lowest BCUT2D eigenvalue weighted by Crippen LogP contribution is -1.86. The highest BCUT2D eigenvalue weighted by Gasteiger charge is 1.80. The Morgan fingerprint density at radius 1 is 1.46 bits per heavy atom. The van der Waals surface area contributed by atoms with E-state index in [2.05, 4.69) is 18.7 Å². The molecule has 0 rings (SSSR count). The first kappa shape index (κ1) is 14.5. The molecule has 0 aliphatic rings. The van der Waals surface area contributed by atoms with Crippen LogP contribution in [0, 0.1) is 0 Å². The number of unbranched alkanes of at least 4 members (excludes halogenated alkanes) is 2. The summed E-state index contributed by atoms with van der Waals surface area (Å²) in [7, 11) is 0. The average molecular weight is 184 g/mol. The third-order valence-electron chi connectivity index (χ3n) is 1.32. The predicted octanol–water partition coefficient (Wildman–Crippen LogP) is 3.40. The van der Waals surface area contributed by atoms with Crippen LogP contribution in [0.1, 0.15) is 39.5 Å². The number of rotatable bonds is 5. The Hall–Kier alpha value is -1.05. The molecule has 0 amide bonds. The van der Waals surface area contributed by atoms with Crippen LogP contribution in [-0.4, -0.2) is 11.1 Å². The molecular formula is C11H20O2. The van der Waals surface area contributed by atoms with Crippen molar-refractivity contribution in [3.63, 3.8) is 0 Å². The number of allylic oxidation sites excluding steroid dienone is 3. The predicted molar refractivity (Wildman–Crippen MR) is 56.8 cm³/mol. The molecule has 0 radical (unpaired) electrons. The summed E-state index contributed by atoms with van der Waals surface area (Å²) in [6.45, 7) is 7.28. The summed E-state index contributed by atoms with van der Waals surface area (Å²) in [4.78, 5) is 9.37. The van der Waals surface area contributed by atoms with E-state index in [1.54, 1.807) is 6.92 Å². The van der Waals surface area contributed by atoms with Crippen LogP contribution in [0.3, 0.4) is 0 Å². The van der Waals surface area contributed by atoms with E-state index in [1.165, 1.54) is 12.8 Å². The second kappa shape index (κ2) is 13.5. The smallest absolute Gasteiger partial charge is 0.303 e. The number of hydrogen-bond acceptors (Lipinski definition) is 1. The van der Waals surface area contributed by atoms with E-state index < -0.39 is 5.97 Å². The first-order valence-electron chi connectivity index (χ1n) is 4.62. The molecule has 1 N–H and O–H groups in total. The van der Waals surface area contributed by atoms with Gasteiger partial charge in [-0.05, 0) is 26.2 Å². The van der Waals surface area contributed by atoms with Gasteiger partial charge in [-0.25, -0.2) is 0 Å². The minimum Gasteiger partial charge on any atom is -0.481 e. The zero-order valence-electron chi connectivity index (χ0n) is 8.62. The Bertz CT molecular complexity index is 148. The van der Waals surface area contributed by atoms with E-state index in [9.17, 15) is 4.79 Å². The summed E-state index contributed by atoms with van der Waals surface area (Å²) >= 11 is 0. The zero-order valence-corrected chi connectivity index (χ0v) is 8.62. The highest BCUT2D eigenvalue weighted by atomic mass is 16.4. The van der Waals surface area contributed by atoms with Gasteiger partial charge in [0.05, 0.1) is 0 Å². The molecule has 0 unspecified atom stereocenters. The second-order valence-corrected chi connectivity index (χ2v) is 2.54. The number of carbonyl (C=O) groups is 1. The van der Waals surface area contributed by atoms with E-state index in [1.807, 2.05) is 13.0 Å². The fourth-order valence-electron chi connectivity index (χ4n) is 0.547. The van der Waals surface area contributed by atoms with E-state index in [0.29, 0.717) is 0 Å². The molecule has 2 nitrogen and oxygen atoms in total. The minimum atomic E-state index is -0.745. The Kier molecular flexibility index (Phi) is 15.1. The van der Waals surface area contributed by atoms with E-state index in [0.717, 1.165) is 6.42 Å². The van der Waals surface area contributed by atoms with Gasteiger partial charge in [0.2, 0.25) is 0 Å². The Morgan fingerprint density at radius 3 is 2.31 bits per heavy atom. The van der Waals surface area contributed by atoms with Crippen molar-refractivity contribution in [2.75, 3.05) is 0 Å². The van der Waals surface area contributed by atoms with Crippen LogP contribution >= 0.6 is 0 Å². The van der Waals surface area contributed by atoms with Crippen molar-refractivity contribution in [3.8, 4) is 0 Å². The van der Waals surface area contributed by atoms with E-state index in [-0.39, 0.29) is 6.42 Å². The molecule has 0 saturated heterocycles. The van der Waals surface area contributed by atoms with Crippen LogP contribution in [0.5, 0.6) is 0 Å². The van der Waals surface area contributed by atoms with Gasteiger partial charge in [0.25, 0.3) is 0 Å². The minimum absolute atomic E-state index is 0.222. The fraction of sp³-hybridized carbons (Fsp3) is 0.545. The molecule has 0 bridgehead atoms. The highest BCUT2D eigenvalue weighted by Crippen LogP contribution is 1.95. The normalized spacial score (nSPS) is 9.08.